The van der Waals surface area contributed by atoms with Crippen LogP contribution in [0.1, 0.15) is 80.6 Å². The molecule has 0 bridgehead atoms. The van der Waals surface area contributed by atoms with Crippen molar-refractivity contribution in [3.8, 4) is 0 Å². The number of nitrogens with one attached hydrogen (secondary N) is 1. The van der Waals surface area contributed by atoms with E-state index in [0.29, 0.717) is 23.9 Å². The van der Waals surface area contributed by atoms with Crippen LogP contribution in [0.25, 0.3) is 0 Å². The first-order chi connectivity index (χ1) is 15.0. The number of amides is 2. The Hall–Kier alpha value is -2.34. The van der Waals surface area contributed by atoms with Gasteiger partial charge in [0.1, 0.15) is 0 Å². The zero-order chi connectivity index (χ0) is 22.2. The summed E-state index contributed by atoms with van der Waals surface area (Å²) in [6, 6.07) is 9.12. The highest BCUT2D eigenvalue weighted by atomic mass is 35.5. The number of carbonyl (C=O) groups is 2. The van der Waals surface area contributed by atoms with Gasteiger partial charge >= 0.3 is 0 Å². The Labute approximate surface area is 189 Å². The third-order valence-corrected chi connectivity index (χ3v) is 6.32. The fourth-order valence-corrected chi connectivity index (χ4v) is 4.50. The van der Waals surface area contributed by atoms with Gasteiger partial charge in [0, 0.05) is 29.6 Å². The van der Waals surface area contributed by atoms with Crippen molar-refractivity contribution in [2.45, 2.75) is 77.9 Å². The minimum atomic E-state index is -0.317. The maximum atomic E-state index is 13.3. The number of nitrogens with zero attached hydrogens (tertiary/aromatic N) is 2. The fraction of sp³-hybridized carbons (Fsp3) is 0.542. The molecule has 1 fully saturated rings. The predicted molar refractivity (Wildman–Crippen MR) is 121 cm³/mol. The Morgan fingerprint density at radius 3 is 2.61 bits per heavy atom. The Kier molecular flexibility index (Phi) is 8.52. The van der Waals surface area contributed by atoms with Crippen molar-refractivity contribution in [1.82, 2.24) is 15.4 Å². The summed E-state index contributed by atoms with van der Waals surface area (Å²) < 4.78 is 5.44. The second-order valence-corrected chi connectivity index (χ2v) is 8.70. The van der Waals surface area contributed by atoms with E-state index in [1.54, 1.807) is 18.2 Å². The summed E-state index contributed by atoms with van der Waals surface area (Å²) in [5.74, 6) is 0.515. The number of carbonyl (C=O) groups excluding carboxylic acids is 2. The van der Waals surface area contributed by atoms with E-state index in [1.165, 1.54) is 6.42 Å². The molecule has 0 saturated heterocycles. The molecule has 2 amide bonds. The molecule has 1 aliphatic rings. The highest BCUT2D eigenvalue weighted by Gasteiger charge is 2.30. The van der Waals surface area contributed by atoms with E-state index in [0.717, 1.165) is 44.1 Å². The molecule has 3 rings (SSSR count). The number of hydrogen-bond acceptors (Lipinski definition) is 4. The van der Waals surface area contributed by atoms with Crippen LogP contribution in [0.15, 0.2) is 34.9 Å². The first-order valence-corrected chi connectivity index (χ1v) is 11.7. The van der Waals surface area contributed by atoms with Crippen LogP contribution in [-0.4, -0.2) is 27.9 Å². The van der Waals surface area contributed by atoms with Crippen LogP contribution < -0.4 is 5.32 Å². The summed E-state index contributed by atoms with van der Waals surface area (Å²) in [5.41, 5.74) is 1.12. The van der Waals surface area contributed by atoms with Crippen molar-refractivity contribution in [2.75, 3.05) is 0 Å². The zero-order valence-electron chi connectivity index (χ0n) is 18.4. The molecule has 7 heteroatoms. The summed E-state index contributed by atoms with van der Waals surface area (Å²) in [6.45, 7) is 4.90. The lowest BCUT2D eigenvalue weighted by atomic mass is 9.87. The van der Waals surface area contributed by atoms with Gasteiger partial charge in [-0.15, -0.1) is 0 Å². The fourth-order valence-electron chi connectivity index (χ4n) is 4.28. The standard InChI is InChI=1S/C24H32ClN3O3/c1-3-20(4-2)28(24(30)18-10-6-5-7-11-18)16-21-14-22(27-31-21)23(29)26-15-17-9-8-12-19(25)13-17/h8-9,12-14,18,20H,3-7,10-11,15-16H2,1-2H3,(H,26,29). The van der Waals surface area contributed by atoms with Gasteiger partial charge in [-0.2, -0.15) is 0 Å². The molecule has 0 aliphatic heterocycles. The van der Waals surface area contributed by atoms with Gasteiger partial charge < -0.3 is 14.7 Å². The summed E-state index contributed by atoms with van der Waals surface area (Å²) in [5, 5.41) is 7.38. The molecule has 1 N–H and O–H groups in total. The third-order valence-electron chi connectivity index (χ3n) is 6.08. The van der Waals surface area contributed by atoms with Crippen molar-refractivity contribution in [2.24, 2.45) is 5.92 Å². The van der Waals surface area contributed by atoms with Gasteiger partial charge in [-0.25, -0.2) is 0 Å². The Balaban J connectivity index is 1.65. The molecule has 0 radical (unpaired) electrons. The largest absolute Gasteiger partial charge is 0.359 e. The predicted octanol–water partition coefficient (Wildman–Crippen LogP) is 5.36. The highest BCUT2D eigenvalue weighted by molar-refractivity contribution is 6.30. The van der Waals surface area contributed by atoms with Gasteiger partial charge in [0.2, 0.25) is 5.91 Å². The second kappa shape index (κ2) is 11.3. The van der Waals surface area contributed by atoms with Gasteiger partial charge in [0.05, 0.1) is 6.54 Å². The van der Waals surface area contributed by atoms with Crippen molar-refractivity contribution in [1.29, 1.82) is 0 Å². The van der Waals surface area contributed by atoms with Crippen LogP contribution in [-0.2, 0) is 17.9 Å². The van der Waals surface area contributed by atoms with E-state index in [9.17, 15) is 9.59 Å². The maximum absolute atomic E-state index is 13.3. The molecule has 1 saturated carbocycles. The molecule has 1 heterocycles. The average molecular weight is 446 g/mol. The van der Waals surface area contributed by atoms with E-state index in [2.05, 4.69) is 24.3 Å². The zero-order valence-corrected chi connectivity index (χ0v) is 19.2. The lowest BCUT2D eigenvalue weighted by molar-refractivity contribution is -0.140. The number of aromatic nitrogens is 1. The van der Waals surface area contributed by atoms with Crippen LogP contribution in [0.3, 0.4) is 0 Å². The minimum Gasteiger partial charge on any atom is -0.359 e. The molecule has 31 heavy (non-hydrogen) atoms. The summed E-state index contributed by atoms with van der Waals surface area (Å²) >= 11 is 5.99. The van der Waals surface area contributed by atoms with Crippen LogP contribution in [0, 0.1) is 5.92 Å². The van der Waals surface area contributed by atoms with Crippen molar-refractivity contribution in [3.63, 3.8) is 0 Å². The number of halogens is 1. The lowest BCUT2D eigenvalue weighted by Crippen LogP contribution is -2.43. The molecule has 0 atom stereocenters. The Morgan fingerprint density at radius 1 is 1.19 bits per heavy atom. The van der Waals surface area contributed by atoms with Gasteiger partial charge in [-0.1, -0.05) is 62.0 Å². The molecule has 2 aromatic rings. The lowest BCUT2D eigenvalue weighted by Gasteiger charge is -2.34. The summed E-state index contributed by atoms with van der Waals surface area (Å²) in [6.07, 6.45) is 7.14. The number of rotatable bonds is 9. The van der Waals surface area contributed by atoms with Crippen LogP contribution in [0.4, 0.5) is 0 Å². The van der Waals surface area contributed by atoms with Gasteiger partial charge in [0.25, 0.3) is 5.91 Å². The monoisotopic (exact) mass is 445 g/mol. The SMILES string of the molecule is CCC(CC)N(Cc1cc(C(=O)NCc2cccc(Cl)c2)no1)C(=O)C1CCCCC1. The van der Waals surface area contributed by atoms with Crippen molar-refractivity contribution < 1.29 is 14.1 Å². The molecular formula is C24H32ClN3O3. The molecule has 0 spiro atoms. The van der Waals surface area contributed by atoms with Crippen LogP contribution >= 0.6 is 11.6 Å². The van der Waals surface area contributed by atoms with Gasteiger partial charge in [-0.3, -0.25) is 9.59 Å². The summed E-state index contributed by atoms with van der Waals surface area (Å²) in [7, 11) is 0. The highest BCUT2D eigenvalue weighted by Crippen LogP contribution is 2.28. The Morgan fingerprint density at radius 2 is 1.94 bits per heavy atom. The van der Waals surface area contributed by atoms with E-state index in [1.807, 2.05) is 17.0 Å². The normalized spacial score (nSPS) is 14.6. The molecular weight excluding hydrogens is 414 g/mol. The van der Waals surface area contributed by atoms with Crippen molar-refractivity contribution >= 4 is 23.4 Å². The van der Waals surface area contributed by atoms with E-state index < -0.39 is 0 Å². The smallest absolute Gasteiger partial charge is 0.273 e. The van der Waals surface area contributed by atoms with E-state index in [4.69, 9.17) is 16.1 Å². The van der Waals surface area contributed by atoms with Gasteiger partial charge in [0.15, 0.2) is 11.5 Å². The summed E-state index contributed by atoms with van der Waals surface area (Å²) in [4.78, 5) is 27.7. The minimum absolute atomic E-state index is 0.0951. The second-order valence-electron chi connectivity index (χ2n) is 8.26. The van der Waals surface area contributed by atoms with Crippen LogP contribution in [0.2, 0.25) is 5.02 Å². The molecule has 1 aromatic carbocycles. The average Bonchev–Trinajstić information content (AvgIpc) is 3.26. The number of hydrogen-bond donors (Lipinski definition) is 1. The Bertz CT molecular complexity index is 872. The molecule has 168 valence electrons. The molecule has 0 unspecified atom stereocenters. The van der Waals surface area contributed by atoms with Crippen molar-refractivity contribution in [3.05, 3.63) is 52.4 Å². The maximum Gasteiger partial charge on any atom is 0.273 e. The topological polar surface area (TPSA) is 75.4 Å². The molecule has 1 aromatic heterocycles. The van der Waals surface area contributed by atoms with Gasteiger partial charge in [-0.05, 0) is 43.4 Å². The number of benzene rings is 1. The van der Waals surface area contributed by atoms with Crippen LogP contribution in [0.5, 0.6) is 0 Å². The first kappa shape index (κ1) is 23.3. The quantitative estimate of drug-likeness (QED) is 0.564. The first-order valence-electron chi connectivity index (χ1n) is 11.3. The molecule has 6 nitrogen and oxygen atoms in total. The molecule has 1 aliphatic carbocycles. The van der Waals surface area contributed by atoms with E-state index >= 15 is 0 Å². The van der Waals surface area contributed by atoms with E-state index in [-0.39, 0.29) is 29.5 Å². The third kappa shape index (κ3) is 6.33.